The first-order chi connectivity index (χ1) is 16.5. The zero-order chi connectivity index (χ0) is 25.8. The van der Waals surface area contributed by atoms with Gasteiger partial charge in [-0.05, 0) is 55.5 Å². The summed E-state index contributed by atoms with van der Waals surface area (Å²) in [7, 11) is 0. The third-order valence-electron chi connectivity index (χ3n) is 4.75. The lowest BCUT2D eigenvalue weighted by Crippen LogP contribution is -2.26. The summed E-state index contributed by atoms with van der Waals surface area (Å²) in [4.78, 5) is 23.3. The van der Waals surface area contributed by atoms with E-state index < -0.39 is 12.1 Å². The normalized spacial score (nSPS) is 11.1. The van der Waals surface area contributed by atoms with E-state index in [1.807, 2.05) is 65.8 Å². The maximum atomic E-state index is 12.2. The van der Waals surface area contributed by atoms with Crippen LogP contribution in [-0.2, 0) is 17.7 Å². The topological polar surface area (TPSA) is 75.6 Å². The molecule has 0 aromatic heterocycles. The number of nitrogens with one attached hydrogen (secondary N) is 1. The number of carboxylic acid groups (broad SMARTS) is 1. The molecule has 2 N–H and O–H groups in total. The number of aromatic carboxylic acids is 1. The molecule has 0 fully saturated rings. The molecule has 2 aromatic carbocycles. The lowest BCUT2D eigenvalue weighted by Gasteiger charge is -2.19. The van der Waals surface area contributed by atoms with Crippen molar-refractivity contribution < 1.29 is 19.4 Å². The summed E-state index contributed by atoms with van der Waals surface area (Å²) >= 11 is 0. The van der Waals surface area contributed by atoms with Crippen molar-refractivity contribution >= 4 is 12.1 Å². The molecule has 0 saturated carbocycles. The Kier molecular flexibility index (Phi) is 17.3. The molecule has 0 aliphatic heterocycles. The highest BCUT2D eigenvalue weighted by Gasteiger charge is 2.16. The van der Waals surface area contributed by atoms with E-state index in [2.05, 4.69) is 29.6 Å². The number of rotatable bonds is 10. The molecule has 186 valence electrons. The number of carboxylic acids is 1. The Hall–Kier alpha value is -3.34. The van der Waals surface area contributed by atoms with Gasteiger partial charge in [-0.1, -0.05) is 88.4 Å². The zero-order valence-corrected chi connectivity index (χ0v) is 21.5. The molecule has 0 spiro atoms. The van der Waals surface area contributed by atoms with Crippen LogP contribution in [0.15, 0.2) is 72.8 Å². The molecule has 0 radical (unpaired) electrons. The van der Waals surface area contributed by atoms with E-state index in [4.69, 9.17) is 9.84 Å². The van der Waals surface area contributed by atoms with Crippen LogP contribution in [-0.4, -0.2) is 23.8 Å². The summed E-state index contributed by atoms with van der Waals surface area (Å²) < 4.78 is 5.50. The molecule has 2 aromatic rings. The van der Waals surface area contributed by atoms with Crippen LogP contribution in [0.4, 0.5) is 4.79 Å². The molecular weight excluding hydrogens is 426 g/mol. The molecular formula is C29H41NO4. The average molecular weight is 468 g/mol. The largest absolute Gasteiger partial charge is 0.478 e. The fraction of sp³-hybridized carbons (Fsp3) is 0.379. The van der Waals surface area contributed by atoms with Gasteiger partial charge in [0.05, 0.1) is 5.56 Å². The van der Waals surface area contributed by atoms with Crippen molar-refractivity contribution in [2.24, 2.45) is 0 Å². The van der Waals surface area contributed by atoms with Crippen molar-refractivity contribution in [1.82, 2.24) is 5.32 Å². The van der Waals surface area contributed by atoms with Gasteiger partial charge in [0.2, 0.25) is 0 Å². The van der Waals surface area contributed by atoms with Gasteiger partial charge in [0.15, 0.2) is 0 Å². The maximum absolute atomic E-state index is 12.2. The Morgan fingerprint density at radius 3 is 2.29 bits per heavy atom. The van der Waals surface area contributed by atoms with Gasteiger partial charge >= 0.3 is 12.1 Å². The standard InChI is InChI=1S/C25H29NO4.2C2H6/c1-3-5-11-20-13-7-8-15-23(20)22(12-6-4-2)18-30-25(29)26-17-19-10-9-14-21(16-19)24(27)28;2*1-2/h3-10,13-16,22H,11-12,17-18H2,1-2H3,(H,26,29)(H,27,28);2*1-2H3/b5-3-,6-4-;;. The third kappa shape index (κ3) is 11.5. The summed E-state index contributed by atoms with van der Waals surface area (Å²) in [6.45, 7) is 12.4. The molecule has 1 amide bonds. The van der Waals surface area contributed by atoms with Crippen molar-refractivity contribution in [3.05, 3.63) is 95.1 Å². The summed E-state index contributed by atoms with van der Waals surface area (Å²) in [6.07, 6.45) is 9.31. The minimum atomic E-state index is -0.997. The number of hydrogen-bond acceptors (Lipinski definition) is 3. The smallest absolute Gasteiger partial charge is 0.407 e. The van der Waals surface area contributed by atoms with Gasteiger partial charge < -0.3 is 15.2 Å². The lowest BCUT2D eigenvalue weighted by atomic mass is 9.90. The molecule has 1 atom stereocenters. The van der Waals surface area contributed by atoms with Gasteiger partial charge in [0.1, 0.15) is 6.61 Å². The quantitative estimate of drug-likeness (QED) is 0.354. The number of allylic oxidation sites excluding steroid dienone is 4. The van der Waals surface area contributed by atoms with Crippen molar-refractivity contribution in [1.29, 1.82) is 0 Å². The van der Waals surface area contributed by atoms with Gasteiger partial charge in [-0.2, -0.15) is 0 Å². The monoisotopic (exact) mass is 467 g/mol. The number of alkyl carbamates (subject to hydrolysis) is 1. The van der Waals surface area contributed by atoms with E-state index in [1.54, 1.807) is 12.1 Å². The highest BCUT2D eigenvalue weighted by atomic mass is 16.5. The second-order valence-corrected chi connectivity index (χ2v) is 6.93. The Labute approximate surface area is 205 Å². The van der Waals surface area contributed by atoms with E-state index in [-0.39, 0.29) is 24.6 Å². The molecule has 0 heterocycles. The van der Waals surface area contributed by atoms with Crippen molar-refractivity contribution in [2.75, 3.05) is 6.61 Å². The highest BCUT2D eigenvalue weighted by molar-refractivity contribution is 5.87. The first-order valence-electron chi connectivity index (χ1n) is 12.1. The fourth-order valence-corrected chi connectivity index (χ4v) is 3.16. The second-order valence-electron chi connectivity index (χ2n) is 6.93. The van der Waals surface area contributed by atoms with E-state index in [0.29, 0.717) is 5.56 Å². The Morgan fingerprint density at radius 2 is 1.65 bits per heavy atom. The predicted octanol–water partition coefficient (Wildman–Crippen LogP) is 7.53. The number of hydrogen-bond donors (Lipinski definition) is 2. The van der Waals surface area contributed by atoms with Crippen LogP contribution >= 0.6 is 0 Å². The van der Waals surface area contributed by atoms with Gasteiger partial charge in [0.25, 0.3) is 0 Å². The summed E-state index contributed by atoms with van der Waals surface area (Å²) in [5, 5.41) is 11.8. The van der Waals surface area contributed by atoms with Gasteiger partial charge in [-0.3, -0.25) is 0 Å². The SMILES string of the molecule is C/C=C\Cc1ccccc1C(C/C=C\C)COC(=O)NCc1cccc(C(=O)O)c1.CC.CC. The molecule has 5 heteroatoms. The number of benzene rings is 2. The maximum Gasteiger partial charge on any atom is 0.407 e. The molecule has 0 aliphatic carbocycles. The molecule has 1 unspecified atom stereocenters. The van der Waals surface area contributed by atoms with Crippen LogP contribution in [0, 0.1) is 0 Å². The number of carbonyl (C=O) groups is 2. The molecule has 0 aliphatic rings. The Balaban J connectivity index is 0.00000258. The molecule has 2 rings (SSSR count). The summed E-state index contributed by atoms with van der Waals surface area (Å²) in [5.74, 6) is -0.938. The number of amides is 1. The van der Waals surface area contributed by atoms with Crippen LogP contribution in [0.3, 0.4) is 0 Å². The first-order valence-corrected chi connectivity index (χ1v) is 12.1. The van der Waals surface area contributed by atoms with Crippen molar-refractivity contribution in [3.8, 4) is 0 Å². The average Bonchev–Trinajstić information content (AvgIpc) is 2.89. The Morgan fingerprint density at radius 1 is 0.971 bits per heavy atom. The predicted molar refractivity (Wildman–Crippen MR) is 141 cm³/mol. The summed E-state index contributed by atoms with van der Waals surface area (Å²) in [6, 6.07) is 14.7. The van der Waals surface area contributed by atoms with Gasteiger partial charge in [-0.15, -0.1) is 0 Å². The van der Waals surface area contributed by atoms with E-state index >= 15 is 0 Å². The van der Waals surface area contributed by atoms with Crippen LogP contribution < -0.4 is 5.32 Å². The van der Waals surface area contributed by atoms with Crippen LogP contribution in [0.5, 0.6) is 0 Å². The van der Waals surface area contributed by atoms with Gasteiger partial charge in [-0.25, -0.2) is 9.59 Å². The second kappa shape index (κ2) is 19.2. The Bertz CT molecular complexity index is 903. The van der Waals surface area contributed by atoms with Crippen molar-refractivity contribution in [2.45, 2.75) is 66.8 Å². The van der Waals surface area contributed by atoms with Crippen LogP contribution in [0.1, 0.15) is 80.9 Å². The lowest BCUT2D eigenvalue weighted by molar-refractivity contribution is 0.0696. The number of ether oxygens (including phenoxy) is 1. The third-order valence-corrected chi connectivity index (χ3v) is 4.75. The van der Waals surface area contributed by atoms with Crippen LogP contribution in [0.25, 0.3) is 0 Å². The van der Waals surface area contributed by atoms with E-state index in [0.717, 1.165) is 12.8 Å². The number of carbonyl (C=O) groups excluding carboxylic acids is 1. The molecule has 0 saturated heterocycles. The fourth-order valence-electron chi connectivity index (χ4n) is 3.16. The highest BCUT2D eigenvalue weighted by Crippen LogP contribution is 2.25. The minimum absolute atomic E-state index is 0.0590. The molecule has 34 heavy (non-hydrogen) atoms. The summed E-state index contributed by atoms with van der Waals surface area (Å²) in [5.41, 5.74) is 3.29. The van der Waals surface area contributed by atoms with E-state index in [1.165, 1.54) is 23.3 Å². The molecule has 5 nitrogen and oxygen atoms in total. The first kappa shape index (κ1) is 30.7. The molecule has 0 bridgehead atoms. The van der Waals surface area contributed by atoms with Crippen molar-refractivity contribution in [3.63, 3.8) is 0 Å². The van der Waals surface area contributed by atoms with Gasteiger partial charge in [0, 0.05) is 12.5 Å². The van der Waals surface area contributed by atoms with E-state index in [9.17, 15) is 9.59 Å². The zero-order valence-electron chi connectivity index (χ0n) is 21.5. The minimum Gasteiger partial charge on any atom is -0.478 e. The van der Waals surface area contributed by atoms with Crippen LogP contribution in [0.2, 0.25) is 0 Å².